The summed E-state index contributed by atoms with van der Waals surface area (Å²) in [6, 6.07) is 4.96. The zero-order valence-electron chi connectivity index (χ0n) is 12.8. The average Bonchev–Trinajstić information content (AvgIpc) is 2.72. The Labute approximate surface area is 143 Å². The van der Waals surface area contributed by atoms with Gasteiger partial charge in [-0.05, 0) is 17.7 Å². The maximum Gasteiger partial charge on any atom is 0.377 e. The van der Waals surface area contributed by atoms with Gasteiger partial charge < -0.3 is 9.47 Å². The lowest BCUT2D eigenvalue weighted by atomic mass is 10.2. The van der Waals surface area contributed by atoms with Gasteiger partial charge in [0.15, 0.2) is 0 Å². The van der Waals surface area contributed by atoms with Crippen molar-refractivity contribution in [2.45, 2.75) is 26.2 Å². The SMILES string of the molecule is CON(Cc1ccc(Cl)c(Cl)c1)C(=O)C=C1OC(C)(C)OC1=O. The molecule has 124 valence electrons. The Morgan fingerprint density at radius 1 is 1.30 bits per heavy atom. The van der Waals surface area contributed by atoms with Crippen molar-refractivity contribution in [3.8, 4) is 0 Å². The number of hydrogen-bond acceptors (Lipinski definition) is 5. The summed E-state index contributed by atoms with van der Waals surface area (Å²) in [4.78, 5) is 28.9. The van der Waals surface area contributed by atoms with Crippen molar-refractivity contribution in [1.82, 2.24) is 5.06 Å². The summed E-state index contributed by atoms with van der Waals surface area (Å²) in [5.41, 5.74) is 0.711. The number of carbonyl (C=O) groups is 2. The highest BCUT2D eigenvalue weighted by Gasteiger charge is 2.38. The number of nitrogens with zero attached hydrogens (tertiary/aromatic N) is 1. The second kappa shape index (κ2) is 6.78. The van der Waals surface area contributed by atoms with E-state index in [4.69, 9.17) is 37.5 Å². The van der Waals surface area contributed by atoms with Gasteiger partial charge in [0.2, 0.25) is 11.5 Å². The highest BCUT2D eigenvalue weighted by molar-refractivity contribution is 6.42. The molecule has 1 aliphatic rings. The van der Waals surface area contributed by atoms with Crippen molar-refractivity contribution < 1.29 is 23.9 Å². The molecular formula is C15H15Cl2NO5. The Morgan fingerprint density at radius 2 is 2.00 bits per heavy atom. The van der Waals surface area contributed by atoms with Crippen molar-refractivity contribution in [3.63, 3.8) is 0 Å². The van der Waals surface area contributed by atoms with Crippen molar-refractivity contribution >= 4 is 35.1 Å². The van der Waals surface area contributed by atoms with Crippen LogP contribution in [0.4, 0.5) is 0 Å². The predicted octanol–water partition coefficient (Wildman–Crippen LogP) is 3.08. The summed E-state index contributed by atoms with van der Waals surface area (Å²) in [7, 11) is 1.34. The first-order chi connectivity index (χ1) is 10.7. The Bertz CT molecular complexity index is 672. The number of carbonyl (C=O) groups excluding carboxylic acids is 2. The molecule has 1 saturated heterocycles. The number of amides is 1. The third kappa shape index (κ3) is 4.37. The Hall–Kier alpha value is -1.76. The molecule has 1 aliphatic heterocycles. The molecule has 1 heterocycles. The van der Waals surface area contributed by atoms with Crippen LogP contribution in [-0.4, -0.2) is 29.8 Å². The molecule has 1 fully saturated rings. The van der Waals surface area contributed by atoms with E-state index >= 15 is 0 Å². The molecule has 1 amide bonds. The fraction of sp³-hybridized carbons (Fsp3) is 0.333. The molecule has 0 saturated carbocycles. The van der Waals surface area contributed by atoms with Crippen LogP contribution in [0.25, 0.3) is 0 Å². The first-order valence-corrected chi connectivity index (χ1v) is 7.41. The molecule has 1 aromatic rings. The molecule has 0 aromatic heterocycles. The van der Waals surface area contributed by atoms with Crippen LogP contribution in [0.5, 0.6) is 0 Å². The minimum Gasteiger partial charge on any atom is -0.445 e. The van der Waals surface area contributed by atoms with Crippen molar-refractivity contribution in [2.24, 2.45) is 0 Å². The van der Waals surface area contributed by atoms with Gasteiger partial charge in [0.25, 0.3) is 5.91 Å². The minimum atomic E-state index is -1.09. The number of benzene rings is 1. The highest BCUT2D eigenvalue weighted by atomic mass is 35.5. The van der Waals surface area contributed by atoms with Crippen molar-refractivity contribution in [1.29, 1.82) is 0 Å². The molecule has 0 bridgehead atoms. The van der Waals surface area contributed by atoms with Gasteiger partial charge in [0, 0.05) is 13.8 Å². The number of ether oxygens (including phenoxy) is 2. The van der Waals surface area contributed by atoms with E-state index in [9.17, 15) is 9.59 Å². The molecule has 0 atom stereocenters. The van der Waals surface area contributed by atoms with Gasteiger partial charge in [0.1, 0.15) is 0 Å². The second-order valence-electron chi connectivity index (χ2n) is 5.21. The van der Waals surface area contributed by atoms with Crippen LogP contribution in [0, 0.1) is 0 Å². The summed E-state index contributed by atoms with van der Waals surface area (Å²) in [6.07, 6.45) is 1.03. The molecule has 23 heavy (non-hydrogen) atoms. The average molecular weight is 360 g/mol. The topological polar surface area (TPSA) is 65.1 Å². The maximum atomic E-state index is 12.2. The lowest BCUT2D eigenvalue weighted by Crippen LogP contribution is -2.28. The number of esters is 1. The lowest BCUT2D eigenvalue weighted by Gasteiger charge is -2.18. The van der Waals surface area contributed by atoms with E-state index in [2.05, 4.69) is 0 Å². The number of cyclic esters (lactones) is 1. The van der Waals surface area contributed by atoms with E-state index in [1.807, 2.05) is 0 Å². The van der Waals surface area contributed by atoms with Crippen molar-refractivity contribution in [2.75, 3.05) is 7.11 Å². The Morgan fingerprint density at radius 3 is 2.52 bits per heavy atom. The van der Waals surface area contributed by atoms with Crippen molar-refractivity contribution in [3.05, 3.63) is 45.6 Å². The second-order valence-corrected chi connectivity index (χ2v) is 6.02. The maximum absolute atomic E-state index is 12.2. The van der Waals surface area contributed by atoms with E-state index < -0.39 is 17.7 Å². The van der Waals surface area contributed by atoms with Gasteiger partial charge in [0.05, 0.1) is 29.8 Å². The van der Waals surface area contributed by atoms with E-state index in [0.717, 1.165) is 11.1 Å². The molecule has 0 unspecified atom stereocenters. The normalized spacial score (nSPS) is 17.8. The van der Waals surface area contributed by atoms with Gasteiger partial charge in [-0.15, -0.1) is 0 Å². The molecule has 0 aliphatic carbocycles. The van der Waals surface area contributed by atoms with E-state index in [1.54, 1.807) is 32.0 Å². The van der Waals surface area contributed by atoms with Gasteiger partial charge in [-0.1, -0.05) is 29.3 Å². The molecule has 0 spiro atoms. The summed E-state index contributed by atoms with van der Waals surface area (Å²) in [5, 5.41) is 1.83. The van der Waals surface area contributed by atoms with E-state index in [0.29, 0.717) is 15.6 Å². The van der Waals surface area contributed by atoms with Crippen LogP contribution < -0.4 is 0 Å². The number of halogens is 2. The molecule has 8 heteroatoms. The minimum absolute atomic E-state index is 0.119. The van der Waals surface area contributed by atoms with E-state index in [-0.39, 0.29) is 12.3 Å². The first kappa shape index (κ1) is 17.6. The van der Waals surface area contributed by atoms with Gasteiger partial charge in [-0.25, -0.2) is 9.86 Å². The molecule has 0 radical (unpaired) electrons. The third-order valence-corrected chi connectivity index (χ3v) is 3.67. The monoisotopic (exact) mass is 359 g/mol. The Balaban J connectivity index is 2.13. The largest absolute Gasteiger partial charge is 0.445 e. The first-order valence-electron chi connectivity index (χ1n) is 6.65. The summed E-state index contributed by atoms with van der Waals surface area (Å²) < 4.78 is 10.2. The number of hydrogen-bond donors (Lipinski definition) is 0. The lowest BCUT2D eigenvalue weighted by molar-refractivity contribution is -0.173. The Kier molecular flexibility index (Phi) is 5.19. The van der Waals surface area contributed by atoms with Crippen LogP contribution in [0.15, 0.2) is 30.0 Å². The summed E-state index contributed by atoms with van der Waals surface area (Å²) >= 11 is 11.8. The van der Waals surface area contributed by atoms with Crippen LogP contribution >= 0.6 is 23.2 Å². The highest BCUT2D eigenvalue weighted by Crippen LogP contribution is 2.27. The molecule has 0 N–H and O–H groups in total. The zero-order chi connectivity index (χ0) is 17.2. The fourth-order valence-electron chi connectivity index (χ4n) is 1.91. The zero-order valence-corrected chi connectivity index (χ0v) is 14.3. The number of hydroxylamine groups is 2. The van der Waals surface area contributed by atoms with Gasteiger partial charge in [-0.2, -0.15) is 0 Å². The molecule has 6 nitrogen and oxygen atoms in total. The quantitative estimate of drug-likeness (QED) is 0.469. The molecular weight excluding hydrogens is 345 g/mol. The molecule has 1 aromatic carbocycles. The molecule has 2 rings (SSSR count). The van der Waals surface area contributed by atoms with Crippen LogP contribution in [-0.2, 0) is 30.4 Å². The number of rotatable bonds is 4. The van der Waals surface area contributed by atoms with Crippen LogP contribution in [0.2, 0.25) is 10.0 Å². The third-order valence-electron chi connectivity index (χ3n) is 2.93. The van der Waals surface area contributed by atoms with E-state index in [1.165, 1.54) is 7.11 Å². The fourth-order valence-corrected chi connectivity index (χ4v) is 2.23. The van der Waals surface area contributed by atoms with Gasteiger partial charge >= 0.3 is 5.97 Å². The smallest absolute Gasteiger partial charge is 0.377 e. The summed E-state index contributed by atoms with van der Waals surface area (Å²) in [5.74, 6) is -2.53. The summed E-state index contributed by atoms with van der Waals surface area (Å²) in [6.45, 7) is 3.26. The predicted molar refractivity (Wildman–Crippen MR) is 83.4 cm³/mol. The van der Waals surface area contributed by atoms with Gasteiger partial charge in [-0.3, -0.25) is 9.63 Å². The standard InChI is InChI=1S/C15H15Cl2NO5/c1-15(2)22-12(14(20)23-15)7-13(19)18(21-3)8-9-4-5-10(16)11(17)6-9/h4-7H,8H2,1-3H3. The van der Waals surface area contributed by atoms with Crippen LogP contribution in [0.3, 0.4) is 0 Å². The van der Waals surface area contributed by atoms with Crippen LogP contribution in [0.1, 0.15) is 19.4 Å².